The van der Waals surface area contributed by atoms with Crippen LogP contribution < -0.4 is 0 Å². The fraction of sp³-hybridized carbons (Fsp3) is 0.364. The van der Waals surface area contributed by atoms with Crippen LogP contribution in [0.15, 0.2) is 27.6 Å². The van der Waals surface area contributed by atoms with Crippen LogP contribution in [0.4, 0.5) is 0 Å². The Labute approximate surface area is 107 Å². The number of ketones is 1. The van der Waals surface area contributed by atoms with Gasteiger partial charge in [-0.15, -0.1) is 11.8 Å². The zero-order chi connectivity index (χ0) is 12.1. The fourth-order valence-corrected chi connectivity index (χ4v) is 2.71. The molecule has 1 atom stereocenters. The quantitative estimate of drug-likeness (QED) is 0.646. The van der Waals surface area contributed by atoms with Gasteiger partial charge in [0.15, 0.2) is 5.78 Å². The van der Waals surface area contributed by atoms with Gasteiger partial charge in [0.25, 0.3) is 0 Å². The molecule has 88 valence electrons. The molecule has 16 heavy (non-hydrogen) atoms. The molecule has 0 fully saturated rings. The summed E-state index contributed by atoms with van der Waals surface area (Å²) >= 11 is 4.69. The van der Waals surface area contributed by atoms with Gasteiger partial charge in [0.05, 0.1) is 12.7 Å². The highest BCUT2D eigenvalue weighted by molar-refractivity contribution is 9.10. The third-order valence-electron chi connectivity index (χ3n) is 1.96. The second kappa shape index (κ2) is 6.39. The maximum atomic E-state index is 11.4. The molecule has 1 rings (SSSR count). The van der Waals surface area contributed by atoms with Crippen molar-refractivity contribution in [3.05, 3.63) is 28.2 Å². The second-order valence-electron chi connectivity index (χ2n) is 3.34. The summed E-state index contributed by atoms with van der Waals surface area (Å²) in [5.41, 5.74) is 0.637. The van der Waals surface area contributed by atoms with E-state index in [0.29, 0.717) is 11.3 Å². The van der Waals surface area contributed by atoms with Crippen LogP contribution in [0, 0.1) is 0 Å². The number of carbonyl (C=O) groups is 1. The van der Waals surface area contributed by atoms with E-state index in [1.165, 1.54) is 18.7 Å². The summed E-state index contributed by atoms with van der Waals surface area (Å²) in [4.78, 5) is 12.2. The largest absolute Gasteiger partial charge is 0.394 e. The normalized spacial score (nSPS) is 12.5. The fourth-order valence-electron chi connectivity index (χ4n) is 1.15. The van der Waals surface area contributed by atoms with Crippen LogP contribution in [0.25, 0.3) is 0 Å². The van der Waals surface area contributed by atoms with E-state index < -0.39 is 6.10 Å². The Kier molecular flexibility index (Phi) is 5.48. The standard InChI is InChI=1S/C11H13BrO3S/c1-7(14)10-3-2-8(12)4-11(10)16-6-9(15)5-13/h2-4,9,13,15H,5-6H2,1H3. The topological polar surface area (TPSA) is 57.5 Å². The molecule has 5 heteroatoms. The molecular formula is C11H13BrO3S. The molecule has 0 aliphatic rings. The monoisotopic (exact) mass is 304 g/mol. The molecule has 1 aromatic rings. The van der Waals surface area contributed by atoms with Crippen LogP contribution in [0.5, 0.6) is 0 Å². The van der Waals surface area contributed by atoms with Crippen molar-refractivity contribution in [2.45, 2.75) is 17.9 Å². The first-order valence-corrected chi connectivity index (χ1v) is 6.54. The van der Waals surface area contributed by atoms with E-state index in [9.17, 15) is 9.90 Å². The highest BCUT2D eigenvalue weighted by Gasteiger charge is 2.10. The van der Waals surface area contributed by atoms with Gasteiger partial charge in [0.2, 0.25) is 0 Å². The van der Waals surface area contributed by atoms with E-state index in [4.69, 9.17) is 5.11 Å². The molecule has 3 nitrogen and oxygen atoms in total. The molecule has 0 saturated heterocycles. The summed E-state index contributed by atoms with van der Waals surface area (Å²) in [5.74, 6) is 0.362. The smallest absolute Gasteiger partial charge is 0.160 e. The number of carbonyl (C=O) groups excluding carboxylic acids is 1. The van der Waals surface area contributed by atoms with Gasteiger partial charge < -0.3 is 10.2 Å². The molecule has 0 amide bonds. The lowest BCUT2D eigenvalue weighted by molar-refractivity contribution is 0.101. The van der Waals surface area contributed by atoms with Crippen molar-refractivity contribution in [1.82, 2.24) is 0 Å². The molecule has 1 aromatic carbocycles. The second-order valence-corrected chi connectivity index (χ2v) is 5.32. The minimum absolute atomic E-state index is 0.00603. The number of Topliss-reactive ketones (excluding diaryl/α,β-unsaturated/α-hetero) is 1. The van der Waals surface area contributed by atoms with E-state index >= 15 is 0 Å². The maximum Gasteiger partial charge on any atom is 0.160 e. The van der Waals surface area contributed by atoms with E-state index in [1.54, 1.807) is 6.07 Å². The first-order valence-electron chi connectivity index (χ1n) is 4.76. The molecule has 0 aliphatic carbocycles. The zero-order valence-electron chi connectivity index (χ0n) is 8.81. The molecule has 0 heterocycles. The predicted molar refractivity (Wildman–Crippen MR) is 68.0 cm³/mol. The lowest BCUT2D eigenvalue weighted by Crippen LogP contribution is -2.14. The van der Waals surface area contributed by atoms with Crippen molar-refractivity contribution in [3.8, 4) is 0 Å². The molecular weight excluding hydrogens is 292 g/mol. The van der Waals surface area contributed by atoms with Gasteiger partial charge in [-0.25, -0.2) is 0 Å². The first kappa shape index (κ1) is 13.7. The zero-order valence-corrected chi connectivity index (χ0v) is 11.2. The number of hydrogen-bond acceptors (Lipinski definition) is 4. The number of rotatable bonds is 5. The van der Waals surface area contributed by atoms with E-state index in [0.717, 1.165) is 9.37 Å². The van der Waals surface area contributed by atoms with Crippen molar-refractivity contribution < 1.29 is 15.0 Å². The Bertz CT molecular complexity index is 381. The van der Waals surface area contributed by atoms with E-state index in [2.05, 4.69) is 15.9 Å². The van der Waals surface area contributed by atoms with Crippen LogP contribution in [0.1, 0.15) is 17.3 Å². The van der Waals surface area contributed by atoms with Gasteiger partial charge in [0.1, 0.15) is 0 Å². The summed E-state index contributed by atoms with van der Waals surface area (Å²) in [6, 6.07) is 5.40. The van der Waals surface area contributed by atoms with E-state index in [-0.39, 0.29) is 12.4 Å². The van der Waals surface area contributed by atoms with Gasteiger partial charge in [-0.1, -0.05) is 15.9 Å². The minimum Gasteiger partial charge on any atom is -0.394 e. The summed E-state index contributed by atoms with van der Waals surface area (Å²) in [6.07, 6.45) is -0.760. The van der Waals surface area contributed by atoms with Crippen LogP contribution in [-0.2, 0) is 0 Å². The molecule has 0 radical (unpaired) electrons. The van der Waals surface area contributed by atoms with Crippen LogP contribution >= 0.6 is 27.7 Å². The highest BCUT2D eigenvalue weighted by Crippen LogP contribution is 2.27. The highest BCUT2D eigenvalue weighted by atomic mass is 79.9. The number of hydrogen-bond donors (Lipinski definition) is 2. The minimum atomic E-state index is -0.760. The average molecular weight is 305 g/mol. The van der Waals surface area contributed by atoms with Gasteiger partial charge in [-0.3, -0.25) is 4.79 Å². The Morgan fingerprint density at radius 1 is 1.56 bits per heavy atom. The van der Waals surface area contributed by atoms with Crippen molar-refractivity contribution in [2.75, 3.05) is 12.4 Å². The molecule has 0 spiro atoms. The first-order chi connectivity index (χ1) is 7.54. The third-order valence-corrected chi connectivity index (χ3v) is 3.66. The Balaban J connectivity index is 2.84. The summed E-state index contributed by atoms with van der Waals surface area (Å²) in [6.45, 7) is 1.24. The molecule has 0 aliphatic heterocycles. The number of aliphatic hydroxyl groups excluding tert-OH is 2. The van der Waals surface area contributed by atoms with Crippen molar-refractivity contribution >= 4 is 33.5 Å². The molecule has 0 bridgehead atoms. The van der Waals surface area contributed by atoms with E-state index in [1.807, 2.05) is 12.1 Å². The molecule has 1 unspecified atom stereocenters. The Morgan fingerprint density at radius 3 is 2.81 bits per heavy atom. The summed E-state index contributed by atoms with van der Waals surface area (Å²) in [5, 5.41) is 18.0. The lowest BCUT2D eigenvalue weighted by atomic mass is 10.1. The van der Waals surface area contributed by atoms with Crippen molar-refractivity contribution in [3.63, 3.8) is 0 Å². The van der Waals surface area contributed by atoms with Crippen LogP contribution in [-0.4, -0.2) is 34.5 Å². The SMILES string of the molecule is CC(=O)c1ccc(Br)cc1SCC(O)CO. The number of aliphatic hydroxyl groups is 2. The maximum absolute atomic E-state index is 11.4. The summed E-state index contributed by atoms with van der Waals surface area (Å²) < 4.78 is 0.887. The average Bonchev–Trinajstić information content (AvgIpc) is 2.25. The number of thioether (sulfide) groups is 1. The Hall–Kier alpha value is -0.360. The van der Waals surface area contributed by atoms with Crippen LogP contribution in [0.3, 0.4) is 0 Å². The number of halogens is 1. The van der Waals surface area contributed by atoms with Gasteiger partial charge >= 0.3 is 0 Å². The summed E-state index contributed by atoms with van der Waals surface area (Å²) in [7, 11) is 0. The predicted octanol–water partition coefficient (Wildman–Crippen LogP) is 2.10. The van der Waals surface area contributed by atoms with Gasteiger partial charge in [0, 0.05) is 20.7 Å². The van der Waals surface area contributed by atoms with Gasteiger partial charge in [-0.05, 0) is 25.1 Å². The van der Waals surface area contributed by atoms with Crippen molar-refractivity contribution in [2.24, 2.45) is 0 Å². The number of benzene rings is 1. The molecule has 2 N–H and O–H groups in total. The van der Waals surface area contributed by atoms with Gasteiger partial charge in [-0.2, -0.15) is 0 Å². The lowest BCUT2D eigenvalue weighted by Gasteiger charge is -2.09. The van der Waals surface area contributed by atoms with Crippen molar-refractivity contribution in [1.29, 1.82) is 0 Å². The third kappa shape index (κ3) is 3.90. The Morgan fingerprint density at radius 2 is 2.25 bits per heavy atom. The molecule has 0 aromatic heterocycles. The van der Waals surface area contributed by atoms with Crippen LogP contribution in [0.2, 0.25) is 0 Å². The molecule has 0 saturated carbocycles.